The lowest BCUT2D eigenvalue weighted by molar-refractivity contribution is 0.735. The molecular formula is C6H10N2S2. The Morgan fingerprint density at radius 1 is 1.80 bits per heavy atom. The van der Waals surface area contributed by atoms with Gasteiger partial charge >= 0.3 is 0 Å². The third kappa shape index (κ3) is 1.49. The molecule has 1 rings (SSSR count). The van der Waals surface area contributed by atoms with Crippen LogP contribution >= 0.6 is 22.5 Å². The average Bonchev–Trinajstić information content (AvgIpc) is 2.20. The van der Waals surface area contributed by atoms with E-state index in [9.17, 15) is 0 Å². The van der Waals surface area contributed by atoms with Crippen LogP contribution in [0, 0.1) is 6.92 Å². The maximum atomic E-state index is 4.10. The van der Waals surface area contributed by atoms with Crippen LogP contribution in [0.15, 0.2) is 6.20 Å². The molecule has 0 saturated heterocycles. The summed E-state index contributed by atoms with van der Waals surface area (Å²) in [4.78, 5) is 0. The zero-order chi connectivity index (χ0) is 7.56. The molecule has 0 aliphatic carbocycles. The van der Waals surface area contributed by atoms with Crippen molar-refractivity contribution in [3.63, 3.8) is 0 Å². The van der Waals surface area contributed by atoms with E-state index in [0.29, 0.717) is 0 Å². The van der Waals surface area contributed by atoms with Gasteiger partial charge in [0.25, 0.3) is 0 Å². The standard InChI is InChI=1S/C6H10N2S2/c1-5-3-7-8(2)6(5)4-10-9/h3,9H,4H2,1-2H3. The normalized spacial score (nSPS) is 10.3. The highest BCUT2D eigenvalue weighted by Gasteiger charge is 2.01. The number of nitrogens with zero attached hydrogens (tertiary/aromatic N) is 2. The summed E-state index contributed by atoms with van der Waals surface area (Å²) in [6.07, 6.45) is 1.87. The number of hydrogen-bond donors (Lipinski definition) is 1. The van der Waals surface area contributed by atoms with Gasteiger partial charge in [-0.15, -0.1) is 11.7 Å². The first-order valence-electron chi connectivity index (χ1n) is 2.99. The molecule has 0 aliphatic rings. The van der Waals surface area contributed by atoms with Crippen molar-refractivity contribution in [1.82, 2.24) is 9.78 Å². The van der Waals surface area contributed by atoms with Gasteiger partial charge < -0.3 is 0 Å². The zero-order valence-electron chi connectivity index (χ0n) is 6.03. The van der Waals surface area contributed by atoms with Gasteiger partial charge in [-0.3, -0.25) is 4.68 Å². The molecule has 10 heavy (non-hydrogen) atoms. The molecule has 4 heteroatoms. The predicted octanol–water partition coefficient (Wildman–Crippen LogP) is 1.81. The van der Waals surface area contributed by atoms with Gasteiger partial charge in [-0.2, -0.15) is 5.10 Å². The van der Waals surface area contributed by atoms with E-state index in [2.05, 4.69) is 23.7 Å². The van der Waals surface area contributed by atoms with Crippen molar-refractivity contribution in [2.24, 2.45) is 7.05 Å². The minimum atomic E-state index is 0.922. The highest BCUT2D eigenvalue weighted by atomic mass is 33.1. The highest BCUT2D eigenvalue weighted by molar-refractivity contribution is 8.68. The molecule has 56 valence electrons. The molecule has 0 unspecified atom stereocenters. The first kappa shape index (κ1) is 8.01. The van der Waals surface area contributed by atoms with Crippen molar-refractivity contribution in [3.8, 4) is 0 Å². The van der Waals surface area contributed by atoms with Crippen molar-refractivity contribution in [2.45, 2.75) is 12.7 Å². The minimum Gasteiger partial charge on any atom is -0.272 e. The molecule has 0 amide bonds. The third-order valence-corrected chi connectivity index (χ3v) is 2.26. The molecular weight excluding hydrogens is 164 g/mol. The van der Waals surface area contributed by atoms with Crippen LogP contribution in [0.5, 0.6) is 0 Å². The van der Waals surface area contributed by atoms with E-state index >= 15 is 0 Å². The largest absolute Gasteiger partial charge is 0.272 e. The fourth-order valence-corrected chi connectivity index (χ4v) is 1.74. The van der Waals surface area contributed by atoms with Crippen LogP contribution in [0.4, 0.5) is 0 Å². The van der Waals surface area contributed by atoms with Crippen LogP contribution in [0.1, 0.15) is 11.3 Å². The lowest BCUT2D eigenvalue weighted by atomic mass is 10.3. The molecule has 1 heterocycles. The Morgan fingerprint density at radius 2 is 2.50 bits per heavy atom. The quantitative estimate of drug-likeness (QED) is 0.544. The first-order valence-corrected chi connectivity index (χ1v) is 5.03. The molecule has 0 N–H and O–H groups in total. The molecule has 0 atom stereocenters. The van der Waals surface area contributed by atoms with Crippen molar-refractivity contribution in [1.29, 1.82) is 0 Å². The smallest absolute Gasteiger partial charge is 0.0522 e. The summed E-state index contributed by atoms with van der Waals surface area (Å²) < 4.78 is 1.89. The van der Waals surface area contributed by atoms with Crippen molar-refractivity contribution >= 4 is 22.5 Å². The molecule has 0 fully saturated rings. The Bertz CT molecular complexity index is 200. The van der Waals surface area contributed by atoms with E-state index in [0.717, 1.165) is 5.75 Å². The van der Waals surface area contributed by atoms with Gasteiger partial charge in [0.05, 0.1) is 11.9 Å². The van der Waals surface area contributed by atoms with E-state index in [-0.39, 0.29) is 0 Å². The maximum Gasteiger partial charge on any atom is 0.0522 e. The van der Waals surface area contributed by atoms with Gasteiger partial charge in [0.1, 0.15) is 0 Å². The second-order valence-electron chi connectivity index (χ2n) is 2.17. The van der Waals surface area contributed by atoms with Crippen LogP contribution < -0.4 is 0 Å². The van der Waals surface area contributed by atoms with Crippen molar-refractivity contribution in [2.75, 3.05) is 0 Å². The summed E-state index contributed by atoms with van der Waals surface area (Å²) in [5.41, 5.74) is 2.49. The SMILES string of the molecule is Cc1cnn(C)c1CSS. The monoisotopic (exact) mass is 174 g/mol. The molecule has 0 radical (unpaired) electrons. The Labute approximate surface area is 69.8 Å². The summed E-state index contributed by atoms with van der Waals surface area (Å²) in [6, 6.07) is 0. The Hall–Kier alpha value is -0.0900. The van der Waals surface area contributed by atoms with Gasteiger partial charge in [-0.1, -0.05) is 10.8 Å². The fraction of sp³-hybridized carbons (Fsp3) is 0.500. The second kappa shape index (κ2) is 3.34. The Kier molecular flexibility index (Phi) is 2.68. The van der Waals surface area contributed by atoms with Crippen LogP contribution in [0.3, 0.4) is 0 Å². The second-order valence-corrected chi connectivity index (χ2v) is 3.49. The molecule has 0 aliphatic heterocycles. The molecule has 0 saturated carbocycles. The van der Waals surface area contributed by atoms with Gasteiger partial charge in [-0.05, 0) is 12.5 Å². The number of aromatic nitrogens is 2. The summed E-state index contributed by atoms with van der Waals surface area (Å²) in [5.74, 6) is 0.922. The molecule has 2 nitrogen and oxygen atoms in total. The van der Waals surface area contributed by atoms with E-state index < -0.39 is 0 Å². The van der Waals surface area contributed by atoms with E-state index in [1.165, 1.54) is 22.1 Å². The summed E-state index contributed by atoms with van der Waals surface area (Å²) in [6.45, 7) is 2.06. The maximum absolute atomic E-state index is 4.10. The molecule has 0 aromatic carbocycles. The van der Waals surface area contributed by atoms with Gasteiger partial charge in [0.15, 0.2) is 0 Å². The highest BCUT2D eigenvalue weighted by Crippen LogP contribution is 2.16. The number of thiol groups is 1. The predicted molar refractivity (Wildman–Crippen MR) is 48.2 cm³/mol. The van der Waals surface area contributed by atoms with Gasteiger partial charge in [0.2, 0.25) is 0 Å². The topological polar surface area (TPSA) is 17.8 Å². The average molecular weight is 174 g/mol. The van der Waals surface area contributed by atoms with Crippen LogP contribution in [-0.2, 0) is 12.8 Å². The lowest BCUT2D eigenvalue weighted by Crippen LogP contribution is -1.96. The Morgan fingerprint density at radius 3 is 2.90 bits per heavy atom. The molecule has 0 bridgehead atoms. The van der Waals surface area contributed by atoms with Crippen LogP contribution in [0.2, 0.25) is 0 Å². The summed E-state index contributed by atoms with van der Waals surface area (Å²) >= 11 is 4.08. The Balaban J connectivity index is 2.87. The van der Waals surface area contributed by atoms with E-state index in [4.69, 9.17) is 0 Å². The minimum absolute atomic E-state index is 0.922. The lowest BCUT2D eigenvalue weighted by Gasteiger charge is -1.98. The van der Waals surface area contributed by atoms with Gasteiger partial charge in [0, 0.05) is 12.8 Å². The first-order chi connectivity index (χ1) is 4.75. The molecule has 1 aromatic heterocycles. The third-order valence-electron chi connectivity index (χ3n) is 1.47. The van der Waals surface area contributed by atoms with E-state index in [1.807, 2.05) is 17.9 Å². The number of aryl methyl sites for hydroxylation is 2. The number of rotatable bonds is 2. The van der Waals surface area contributed by atoms with Gasteiger partial charge in [-0.25, -0.2) is 0 Å². The molecule has 1 aromatic rings. The number of hydrogen-bond acceptors (Lipinski definition) is 3. The fourth-order valence-electron chi connectivity index (χ4n) is 0.841. The summed E-state index contributed by atoms with van der Waals surface area (Å²) in [5, 5.41) is 4.10. The zero-order valence-corrected chi connectivity index (χ0v) is 7.75. The van der Waals surface area contributed by atoms with Crippen LogP contribution in [0.25, 0.3) is 0 Å². The molecule has 0 spiro atoms. The van der Waals surface area contributed by atoms with Crippen LogP contribution in [-0.4, -0.2) is 9.78 Å². The van der Waals surface area contributed by atoms with Crippen molar-refractivity contribution in [3.05, 3.63) is 17.5 Å². The van der Waals surface area contributed by atoms with Crippen molar-refractivity contribution < 1.29 is 0 Å². The summed E-state index contributed by atoms with van der Waals surface area (Å²) in [7, 11) is 3.47. The van der Waals surface area contributed by atoms with E-state index in [1.54, 1.807) is 0 Å².